The van der Waals surface area contributed by atoms with Crippen LogP contribution in [0.25, 0.3) is 0 Å². The Kier molecular flexibility index (Phi) is 5.29. The van der Waals surface area contributed by atoms with Crippen molar-refractivity contribution < 1.29 is 9.90 Å². The Balaban J connectivity index is 2.65. The van der Waals surface area contributed by atoms with Gasteiger partial charge in [0, 0.05) is 11.4 Å². The molecular formula is C12H16ClNO2. The zero-order chi connectivity index (χ0) is 12.0. The molecule has 0 saturated carbocycles. The molecule has 0 saturated heterocycles. The van der Waals surface area contributed by atoms with Crippen LogP contribution >= 0.6 is 11.6 Å². The van der Waals surface area contributed by atoms with Crippen molar-refractivity contribution in [1.29, 1.82) is 0 Å². The molecule has 0 radical (unpaired) electrons. The number of amides is 1. The summed E-state index contributed by atoms with van der Waals surface area (Å²) in [4.78, 5) is 11.7. The number of carbonyl (C=O) groups is 1. The predicted octanol–water partition coefficient (Wildman–Crippen LogP) is 1.93. The third-order valence-electron chi connectivity index (χ3n) is 2.42. The van der Waals surface area contributed by atoms with Crippen LogP contribution in [-0.2, 0) is 5.88 Å². The van der Waals surface area contributed by atoms with Gasteiger partial charge in [0.05, 0.1) is 12.6 Å². The van der Waals surface area contributed by atoms with Crippen molar-refractivity contribution in [3.05, 3.63) is 35.4 Å². The average Bonchev–Trinajstić information content (AvgIpc) is 2.35. The van der Waals surface area contributed by atoms with E-state index in [0.717, 1.165) is 5.56 Å². The second-order valence-corrected chi connectivity index (χ2v) is 3.86. The highest BCUT2D eigenvalue weighted by Gasteiger charge is 2.10. The summed E-state index contributed by atoms with van der Waals surface area (Å²) in [6.07, 6.45) is 0.710. The molecule has 0 heterocycles. The fourth-order valence-electron chi connectivity index (χ4n) is 1.29. The highest BCUT2D eigenvalue weighted by Crippen LogP contribution is 2.07. The molecule has 0 spiro atoms. The summed E-state index contributed by atoms with van der Waals surface area (Å²) in [7, 11) is 0. The Labute approximate surface area is 100 Å². The number of halogens is 1. The van der Waals surface area contributed by atoms with E-state index in [0.29, 0.717) is 17.9 Å². The lowest BCUT2D eigenvalue weighted by Gasteiger charge is -2.13. The van der Waals surface area contributed by atoms with Crippen LogP contribution in [0, 0.1) is 0 Å². The molecule has 2 N–H and O–H groups in total. The standard InChI is InChI=1S/C12H16ClNO2/c1-2-11(8-15)14-12(16)10-5-3-9(7-13)4-6-10/h3-6,11,15H,2,7-8H2,1H3,(H,14,16). The zero-order valence-electron chi connectivity index (χ0n) is 9.24. The van der Waals surface area contributed by atoms with Gasteiger partial charge in [-0.1, -0.05) is 19.1 Å². The van der Waals surface area contributed by atoms with Crippen LogP contribution in [0.2, 0.25) is 0 Å². The van der Waals surface area contributed by atoms with E-state index in [2.05, 4.69) is 5.32 Å². The van der Waals surface area contributed by atoms with Crippen LogP contribution in [0.5, 0.6) is 0 Å². The summed E-state index contributed by atoms with van der Waals surface area (Å²) in [5.41, 5.74) is 1.56. The van der Waals surface area contributed by atoms with E-state index in [1.807, 2.05) is 19.1 Å². The van der Waals surface area contributed by atoms with E-state index in [-0.39, 0.29) is 18.6 Å². The molecule has 1 rings (SSSR count). The van der Waals surface area contributed by atoms with Gasteiger partial charge in [-0.2, -0.15) is 0 Å². The maximum Gasteiger partial charge on any atom is 0.251 e. The second-order valence-electron chi connectivity index (χ2n) is 3.59. The maximum atomic E-state index is 11.7. The van der Waals surface area contributed by atoms with Gasteiger partial charge in [0.1, 0.15) is 0 Å². The van der Waals surface area contributed by atoms with Crippen molar-refractivity contribution in [1.82, 2.24) is 5.32 Å². The number of hydrogen-bond donors (Lipinski definition) is 2. The lowest BCUT2D eigenvalue weighted by molar-refractivity contribution is 0.0915. The van der Waals surface area contributed by atoms with Gasteiger partial charge in [-0.3, -0.25) is 4.79 Å². The second kappa shape index (κ2) is 6.51. The molecule has 4 heteroatoms. The Morgan fingerprint density at radius 2 is 2.06 bits per heavy atom. The number of rotatable bonds is 5. The molecule has 3 nitrogen and oxygen atoms in total. The first kappa shape index (κ1) is 13.0. The lowest BCUT2D eigenvalue weighted by atomic mass is 10.1. The monoisotopic (exact) mass is 241 g/mol. The van der Waals surface area contributed by atoms with Crippen molar-refractivity contribution >= 4 is 17.5 Å². The van der Waals surface area contributed by atoms with Crippen molar-refractivity contribution in [2.45, 2.75) is 25.3 Å². The average molecular weight is 242 g/mol. The molecule has 1 aromatic carbocycles. The predicted molar refractivity (Wildman–Crippen MR) is 64.6 cm³/mol. The van der Waals surface area contributed by atoms with E-state index < -0.39 is 0 Å². The molecule has 0 aliphatic carbocycles. The number of alkyl halides is 1. The maximum absolute atomic E-state index is 11.7. The lowest BCUT2D eigenvalue weighted by Crippen LogP contribution is -2.36. The number of aliphatic hydroxyl groups is 1. The highest BCUT2D eigenvalue weighted by atomic mass is 35.5. The van der Waals surface area contributed by atoms with E-state index >= 15 is 0 Å². The van der Waals surface area contributed by atoms with Gasteiger partial charge in [0.25, 0.3) is 5.91 Å². The van der Waals surface area contributed by atoms with Gasteiger partial charge in [-0.05, 0) is 24.1 Å². The van der Waals surface area contributed by atoms with Gasteiger partial charge < -0.3 is 10.4 Å². The van der Waals surface area contributed by atoms with Crippen molar-refractivity contribution in [3.63, 3.8) is 0 Å². The van der Waals surface area contributed by atoms with Crippen molar-refractivity contribution in [3.8, 4) is 0 Å². The molecule has 0 bridgehead atoms. The number of aliphatic hydroxyl groups excluding tert-OH is 1. The third-order valence-corrected chi connectivity index (χ3v) is 2.73. The first-order valence-electron chi connectivity index (χ1n) is 5.27. The van der Waals surface area contributed by atoms with E-state index in [1.54, 1.807) is 12.1 Å². The van der Waals surface area contributed by atoms with Gasteiger partial charge in [-0.15, -0.1) is 11.6 Å². The molecule has 0 aliphatic rings. The Hall–Kier alpha value is -1.06. The smallest absolute Gasteiger partial charge is 0.251 e. The normalized spacial score (nSPS) is 12.2. The molecule has 0 aliphatic heterocycles. The van der Waals surface area contributed by atoms with Crippen molar-refractivity contribution in [2.24, 2.45) is 0 Å². The number of carbonyl (C=O) groups excluding carboxylic acids is 1. The molecule has 1 aromatic rings. The summed E-state index contributed by atoms with van der Waals surface area (Å²) in [6.45, 7) is 1.87. The largest absolute Gasteiger partial charge is 0.394 e. The highest BCUT2D eigenvalue weighted by molar-refractivity contribution is 6.17. The van der Waals surface area contributed by atoms with E-state index in [1.165, 1.54) is 0 Å². The summed E-state index contributed by atoms with van der Waals surface area (Å²) in [5, 5.41) is 11.7. The van der Waals surface area contributed by atoms with E-state index in [4.69, 9.17) is 16.7 Å². The fourth-order valence-corrected chi connectivity index (χ4v) is 1.47. The minimum atomic E-state index is -0.180. The first-order chi connectivity index (χ1) is 7.71. The Morgan fingerprint density at radius 1 is 1.44 bits per heavy atom. The van der Waals surface area contributed by atoms with Gasteiger partial charge in [-0.25, -0.2) is 0 Å². The summed E-state index contributed by atoms with van der Waals surface area (Å²) >= 11 is 5.65. The van der Waals surface area contributed by atoms with Gasteiger partial charge >= 0.3 is 0 Å². The molecule has 88 valence electrons. The minimum Gasteiger partial charge on any atom is -0.394 e. The van der Waals surface area contributed by atoms with Crippen LogP contribution < -0.4 is 5.32 Å². The number of benzene rings is 1. The summed E-state index contributed by atoms with van der Waals surface area (Å²) in [6, 6.07) is 6.93. The molecule has 1 unspecified atom stereocenters. The SMILES string of the molecule is CCC(CO)NC(=O)c1ccc(CCl)cc1. The zero-order valence-corrected chi connectivity index (χ0v) is 10.00. The van der Waals surface area contributed by atoms with Crippen LogP contribution in [0.15, 0.2) is 24.3 Å². The van der Waals surface area contributed by atoms with Crippen LogP contribution in [0.3, 0.4) is 0 Å². The molecule has 1 amide bonds. The molecular weight excluding hydrogens is 226 g/mol. The Morgan fingerprint density at radius 3 is 2.50 bits per heavy atom. The quantitative estimate of drug-likeness (QED) is 0.774. The van der Waals surface area contributed by atoms with Gasteiger partial charge in [0.15, 0.2) is 0 Å². The third kappa shape index (κ3) is 3.51. The summed E-state index contributed by atoms with van der Waals surface area (Å²) < 4.78 is 0. The molecule has 16 heavy (non-hydrogen) atoms. The number of hydrogen-bond acceptors (Lipinski definition) is 2. The topological polar surface area (TPSA) is 49.3 Å². The van der Waals surface area contributed by atoms with Crippen molar-refractivity contribution in [2.75, 3.05) is 6.61 Å². The molecule has 0 fully saturated rings. The minimum absolute atomic E-state index is 0.0397. The summed E-state index contributed by atoms with van der Waals surface area (Å²) in [5.74, 6) is 0.276. The van der Waals surface area contributed by atoms with Crippen LogP contribution in [0.1, 0.15) is 29.3 Å². The van der Waals surface area contributed by atoms with Gasteiger partial charge in [0.2, 0.25) is 0 Å². The number of nitrogens with one attached hydrogen (secondary N) is 1. The molecule has 1 atom stereocenters. The first-order valence-corrected chi connectivity index (χ1v) is 5.81. The van der Waals surface area contributed by atoms with Crippen LogP contribution in [0.4, 0.5) is 0 Å². The molecule has 0 aromatic heterocycles. The van der Waals surface area contributed by atoms with Crippen LogP contribution in [-0.4, -0.2) is 23.7 Å². The Bertz CT molecular complexity index is 333. The van der Waals surface area contributed by atoms with E-state index in [9.17, 15) is 4.79 Å². The fraction of sp³-hybridized carbons (Fsp3) is 0.417.